The summed E-state index contributed by atoms with van der Waals surface area (Å²) in [6.45, 7) is 0.877. The van der Waals surface area contributed by atoms with Crippen molar-refractivity contribution in [2.45, 2.75) is 17.4 Å². The Morgan fingerprint density at radius 3 is 2.56 bits per heavy atom. The SMILES string of the molecule is O=c1c2c(cnn1-c1ccccc1)C(Cc1ccccc1)NCCS2. The van der Waals surface area contributed by atoms with Crippen LogP contribution in [0.15, 0.2) is 76.6 Å². The molecule has 1 unspecified atom stereocenters. The first-order chi connectivity index (χ1) is 12.3. The van der Waals surface area contributed by atoms with Crippen molar-refractivity contribution in [2.75, 3.05) is 12.3 Å². The van der Waals surface area contributed by atoms with Gasteiger partial charge in [0.05, 0.1) is 16.8 Å². The molecular formula is C20H19N3OS. The van der Waals surface area contributed by atoms with E-state index in [1.54, 1.807) is 11.8 Å². The summed E-state index contributed by atoms with van der Waals surface area (Å²) in [6.07, 6.45) is 2.70. The lowest BCUT2D eigenvalue weighted by atomic mass is 10.0. The minimum Gasteiger partial charge on any atom is -0.309 e. The highest BCUT2D eigenvalue weighted by atomic mass is 32.2. The Labute approximate surface area is 150 Å². The number of nitrogens with zero attached hydrogens (tertiary/aromatic N) is 2. The molecule has 5 heteroatoms. The maximum absolute atomic E-state index is 13.0. The molecule has 126 valence electrons. The number of aromatic nitrogens is 2. The van der Waals surface area contributed by atoms with E-state index >= 15 is 0 Å². The molecule has 0 amide bonds. The van der Waals surface area contributed by atoms with Gasteiger partial charge in [-0.2, -0.15) is 9.78 Å². The highest BCUT2D eigenvalue weighted by Gasteiger charge is 2.23. The first-order valence-electron chi connectivity index (χ1n) is 8.41. The molecule has 2 aromatic carbocycles. The van der Waals surface area contributed by atoms with Gasteiger partial charge in [0.1, 0.15) is 0 Å². The monoisotopic (exact) mass is 349 g/mol. The molecule has 0 radical (unpaired) electrons. The molecule has 4 rings (SSSR count). The largest absolute Gasteiger partial charge is 0.309 e. The van der Waals surface area contributed by atoms with Crippen LogP contribution < -0.4 is 10.9 Å². The van der Waals surface area contributed by atoms with Crippen molar-refractivity contribution in [3.63, 3.8) is 0 Å². The summed E-state index contributed by atoms with van der Waals surface area (Å²) >= 11 is 1.62. The zero-order valence-electron chi connectivity index (χ0n) is 13.8. The van der Waals surface area contributed by atoms with E-state index in [4.69, 9.17) is 0 Å². The van der Waals surface area contributed by atoms with Gasteiger partial charge in [0, 0.05) is 23.9 Å². The molecule has 0 aliphatic carbocycles. The number of benzene rings is 2. The fourth-order valence-corrected chi connectivity index (χ4v) is 4.12. The average Bonchev–Trinajstić information content (AvgIpc) is 2.87. The third kappa shape index (κ3) is 3.38. The molecule has 1 aromatic heterocycles. The summed E-state index contributed by atoms with van der Waals surface area (Å²) < 4.78 is 1.50. The number of hydrogen-bond donors (Lipinski definition) is 1. The number of para-hydroxylation sites is 1. The molecule has 0 fully saturated rings. The van der Waals surface area contributed by atoms with Gasteiger partial charge in [-0.25, -0.2) is 0 Å². The molecule has 1 N–H and O–H groups in total. The normalized spacial score (nSPS) is 16.9. The third-order valence-corrected chi connectivity index (χ3v) is 5.47. The second-order valence-electron chi connectivity index (χ2n) is 6.03. The first kappa shape index (κ1) is 16.1. The van der Waals surface area contributed by atoms with Crippen LogP contribution in [0.25, 0.3) is 5.69 Å². The Kier molecular flexibility index (Phi) is 4.68. The van der Waals surface area contributed by atoms with E-state index in [1.165, 1.54) is 10.2 Å². The van der Waals surface area contributed by atoms with E-state index < -0.39 is 0 Å². The molecule has 0 saturated carbocycles. The highest BCUT2D eigenvalue weighted by molar-refractivity contribution is 7.99. The lowest BCUT2D eigenvalue weighted by Crippen LogP contribution is -2.28. The second kappa shape index (κ2) is 7.25. The summed E-state index contributed by atoms with van der Waals surface area (Å²) in [6, 6.07) is 20.1. The van der Waals surface area contributed by atoms with Crippen molar-refractivity contribution >= 4 is 11.8 Å². The maximum Gasteiger partial charge on any atom is 0.285 e. The second-order valence-corrected chi connectivity index (χ2v) is 7.13. The highest BCUT2D eigenvalue weighted by Crippen LogP contribution is 2.29. The standard InChI is InChI=1S/C20H19N3OS/c24-20-19-17(14-22-23(20)16-9-5-2-6-10-16)18(21-11-12-25-19)13-15-7-3-1-4-8-15/h1-10,14,18,21H,11-13H2. The van der Waals surface area contributed by atoms with Gasteiger partial charge in [-0.05, 0) is 24.1 Å². The molecular weight excluding hydrogens is 330 g/mol. The van der Waals surface area contributed by atoms with Gasteiger partial charge in [0.25, 0.3) is 5.56 Å². The smallest absolute Gasteiger partial charge is 0.285 e. The van der Waals surface area contributed by atoms with Gasteiger partial charge in [-0.3, -0.25) is 4.79 Å². The molecule has 25 heavy (non-hydrogen) atoms. The van der Waals surface area contributed by atoms with E-state index in [2.05, 4.69) is 22.5 Å². The molecule has 1 aliphatic heterocycles. The van der Waals surface area contributed by atoms with E-state index in [1.807, 2.05) is 54.7 Å². The Bertz CT molecular complexity index is 909. The van der Waals surface area contributed by atoms with Gasteiger partial charge in [0.2, 0.25) is 0 Å². The Morgan fingerprint density at radius 2 is 1.80 bits per heavy atom. The van der Waals surface area contributed by atoms with Crippen LogP contribution in [0.1, 0.15) is 17.2 Å². The number of hydrogen-bond acceptors (Lipinski definition) is 4. The molecule has 1 atom stereocenters. The van der Waals surface area contributed by atoms with Gasteiger partial charge in [-0.1, -0.05) is 48.5 Å². The fourth-order valence-electron chi connectivity index (χ4n) is 3.13. The van der Waals surface area contributed by atoms with Crippen molar-refractivity contribution < 1.29 is 0 Å². The van der Waals surface area contributed by atoms with Gasteiger partial charge in [-0.15, -0.1) is 11.8 Å². The maximum atomic E-state index is 13.0. The van der Waals surface area contributed by atoms with Gasteiger partial charge in [0.15, 0.2) is 0 Å². The molecule has 1 aliphatic rings. The lowest BCUT2D eigenvalue weighted by molar-refractivity contribution is 0.541. The average molecular weight is 349 g/mol. The zero-order chi connectivity index (χ0) is 17.1. The summed E-state index contributed by atoms with van der Waals surface area (Å²) in [5.41, 5.74) is 3.02. The topological polar surface area (TPSA) is 46.9 Å². The van der Waals surface area contributed by atoms with E-state index in [-0.39, 0.29) is 11.6 Å². The molecule has 3 aromatic rings. The summed E-state index contributed by atoms with van der Waals surface area (Å²) in [7, 11) is 0. The van der Waals surface area contributed by atoms with Crippen molar-refractivity contribution in [3.05, 3.63) is 88.3 Å². The third-order valence-electron chi connectivity index (χ3n) is 4.36. The summed E-state index contributed by atoms with van der Waals surface area (Å²) in [5, 5.41) is 8.01. The Morgan fingerprint density at radius 1 is 1.08 bits per heavy atom. The zero-order valence-corrected chi connectivity index (χ0v) is 14.6. The quantitative estimate of drug-likeness (QED) is 0.789. The van der Waals surface area contributed by atoms with Gasteiger partial charge >= 0.3 is 0 Å². The van der Waals surface area contributed by atoms with Crippen LogP contribution in [0.5, 0.6) is 0 Å². The van der Waals surface area contributed by atoms with Crippen LogP contribution in [-0.4, -0.2) is 22.1 Å². The van der Waals surface area contributed by atoms with Gasteiger partial charge < -0.3 is 5.32 Å². The number of rotatable bonds is 3. The van der Waals surface area contributed by atoms with Crippen LogP contribution in [0.2, 0.25) is 0 Å². The number of nitrogens with one attached hydrogen (secondary N) is 1. The fraction of sp³-hybridized carbons (Fsp3) is 0.200. The lowest BCUT2D eigenvalue weighted by Gasteiger charge is -2.18. The first-order valence-corrected chi connectivity index (χ1v) is 9.39. The van der Waals surface area contributed by atoms with Crippen molar-refractivity contribution in [1.29, 1.82) is 0 Å². The van der Waals surface area contributed by atoms with E-state index in [0.29, 0.717) is 0 Å². The van der Waals surface area contributed by atoms with Crippen LogP contribution >= 0.6 is 11.8 Å². The molecule has 0 spiro atoms. The minimum atomic E-state index is -0.0320. The van der Waals surface area contributed by atoms with E-state index in [0.717, 1.165) is 34.9 Å². The van der Waals surface area contributed by atoms with Crippen LogP contribution in [0.3, 0.4) is 0 Å². The number of fused-ring (bicyclic) bond motifs is 1. The minimum absolute atomic E-state index is 0.0320. The predicted octanol–water partition coefficient (Wildman–Crippen LogP) is 3.21. The van der Waals surface area contributed by atoms with E-state index in [9.17, 15) is 4.79 Å². The Hall–Kier alpha value is -2.37. The van der Waals surface area contributed by atoms with Crippen LogP contribution in [-0.2, 0) is 6.42 Å². The van der Waals surface area contributed by atoms with Crippen LogP contribution in [0.4, 0.5) is 0 Å². The summed E-state index contributed by atoms with van der Waals surface area (Å²) in [4.78, 5) is 13.8. The molecule has 0 bridgehead atoms. The number of thioether (sulfide) groups is 1. The van der Waals surface area contributed by atoms with Crippen molar-refractivity contribution in [2.24, 2.45) is 0 Å². The van der Waals surface area contributed by atoms with Crippen molar-refractivity contribution in [3.8, 4) is 5.69 Å². The van der Waals surface area contributed by atoms with Crippen LogP contribution in [0, 0.1) is 0 Å². The molecule has 2 heterocycles. The Balaban J connectivity index is 1.74. The molecule has 4 nitrogen and oxygen atoms in total. The predicted molar refractivity (Wildman–Crippen MR) is 101 cm³/mol. The summed E-state index contributed by atoms with van der Waals surface area (Å²) in [5.74, 6) is 0.881. The molecule has 0 saturated heterocycles. The van der Waals surface area contributed by atoms with Crippen molar-refractivity contribution in [1.82, 2.24) is 15.1 Å².